The second kappa shape index (κ2) is 6.51. The number of carbonyl (C=O) groups excluding carboxylic acids is 1. The average Bonchev–Trinajstić information content (AvgIpc) is 2.96. The van der Waals surface area contributed by atoms with Gasteiger partial charge in [0.2, 0.25) is 0 Å². The third-order valence-electron chi connectivity index (χ3n) is 4.79. The van der Waals surface area contributed by atoms with Gasteiger partial charge in [-0.3, -0.25) is 4.79 Å². The van der Waals surface area contributed by atoms with E-state index >= 15 is 0 Å². The Bertz CT molecular complexity index is 745. The van der Waals surface area contributed by atoms with E-state index in [0.29, 0.717) is 12.1 Å². The van der Waals surface area contributed by atoms with Crippen LogP contribution in [-0.4, -0.2) is 37.9 Å². The molecule has 3 rings (SSSR count). The van der Waals surface area contributed by atoms with Crippen molar-refractivity contribution in [2.75, 3.05) is 6.54 Å². The van der Waals surface area contributed by atoms with Crippen LogP contribution in [0, 0.1) is 6.92 Å². The molecule has 2 N–H and O–H groups in total. The highest BCUT2D eigenvalue weighted by Gasteiger charge is 2.30. The van der Waals surface area contributed by atoms with Gasteiger partial charge >= 0.3 is 0 Å². The van der Waals surface area contributed by atoms with Gasteiger partial charge in [0.1, 0.15) is 0 Å². The summed E-state index contributed by atoms with van der Waals surface area (Å²) in [5.74, 6) is -0.173. The minimum absolute atomic E-state index is 0.173. The molecule has 0 aliphatic heterocycles. The molecule has 1 saturated carbocycles. The van der Waals surface area contributed by atoms with Crippen LogP contribution in [0.5, 0.6) is 0 Å². The number of aromatic nitrogens is 3. The predicted octanol–water partition coefficient (Wildman–Crippen LogP) is 2.75. The quantitative estimate of drug-likeness (QED) is 0.903. The highest BCUT2D eigenvalue weighted by Crippen LogP contribution is 2.27. The van der Waals surface area contributed by atoms with Crippen LogP contribution in [-0.2, 0) is 0 Å². The molecule has 0 bridgehead atoms. The van der Waals surface area contributed by atoms with Crippen LogP contribution in [0.4, 0.5) is 0 Å². The molecule has 0 saturated heterocycles. The summed E-state index contributed by atoms with van der Waals surface area (Å²) < 4.78 is 1.83. The van der Waals surface area contributed by atoms with Gasteiger partial charge in [0.15, 0.2) is 5.65 Å². The molecular weight excluding hydrogens is 304 g/mol. The molecular formula is C18H26N4O2. The standard InChI is InChI=1S/C18H26N4O2/c1-12(2)22-16-15(10-20-22)14(9-13(3)21-16)17(23)19-11-18(24)7-5-4-6-8-18/h9-10,12,24H,4-8,11H2,1-3H3,(H,19,23). The van der Waals surface area contributed by atoms with Crippen molar-refractivity contribution in [2.45, 2.75) is 64.5 Å². The molecule has 2 aromatic rings. The van der Waals surface area contributed by atoms with Crippen molar-refractivity contribution >= 4 is 16.9 Å². The summed E-state index contributed by atoms with van der Waals surface area (Å²) in [7, 11) is 0. The van der Waals surface area contributed by atoms with Crippen molar-refractivity contribution < 1.29 is 9.90 Å². The summed E-state index contributed by atoms with van der Waals surface area (Å²) in [4.78, 5) is 17.2. The Balaban J connectivity index is 1.84. The van der Waals surface area contributed by atoms with E-state index < -0.39 is 5.60 Å². The van der Waals surface area contributed by atoms with Gasteiger partial charge in [-0.05, 0) is 39.7 Å². The molecule has 1 aliphatic carbocycles. The van der Waals surface area contributed by atoms with Gasteiger partial charge in [-0.25, -0.2) is 9.67 Å². The van der Waals surface area contributed by atoms with Crippen LogP contribution < -0.4 is 5.32 Å². The molecule has 0 spiro atoms. The molecule has 6 nitrogen and oxygen atoms in total. The highest BCUT2D eigenvalue weighted by atomic mass is 16.3. The molecule has 1 aliphatic rings. The Morgan fingerprint density at radius 2 is 2.08 bits per heavy atom. The molecule has 1 fully saturated rings. The van der Waals surface area contributed by atoms with E-state index in [4.69, 9.17) is 0 Å². The fourth-order valence-corrected chi connectivity index (χ4v) is 3.44. The summed E-state index contributed by atoms with van der Waals surface area (Å²) in [5.41, 5.74) is 1.32. The number of carbonyl (C=O) groups is 1. The van der Waals surface area contributed by atoms with E-state index in [1.165, 1.54) is 0 Å². The van der Waals surface area contributed by atoms with Gasteiger partial charge in [-0.2, -0.15) is 5.10 Å². The molecule has 1 amide bonds. The minimum atomic E-state index is -0.767. The number of aryl methyl sites for hydroxylation is 1. The van der Waals surface area contributed by atoms with Crippen LogP contribution in [0.1, 0.15) is 68.0 Å². The average molecular weight is 330 g/mol. The Kier molecular flexibility index (Phi) is 4.58. The van der Waals surface area contributed by atoms with Crippen molar-refractivity contribution in [3.05, 3.63) is 23.5 Å². The van der Waals surface area contributed by atoms with Crippen LogP contribution in [0.25, 0.3) is 11.0 Å². The lowest BCUT2D eigenvalue weighted by Crippen LogP contribution is -2.44. The molecule has 0 aromatic carbocycles. The van der Waals surface area contributed by atoms with E-state index in [9.17, 15) is 9.90 Å². The topological polar surface area (TPSA) is 80.0 Å². The van der Waals surface area contributed by atoms with Gasteiger partial charge in [-0.15, -0.1) is 0 Å². The maximum Gasteiger partial charge on any atom is 0.252 e. The second-order valence-electron chi connectivity index (χ2n) is 7.20. The second-order valence-corrected chi connectivity index (χ2v) is 7.20. The maximum atomic E-state index is 12.7. The van der Waals surface area contributed by atoms with Gasteiger partial charge in [-0.1, -0.05) is 19.3 Å². The summed E-state index contributed by atoms with van der Waals surface area (Å²) in [5, 5.41) is 18.6. The van der Waals surface area contributed by atoms with Crippen molar-refractivity contribution in [3.8, 4) is 0 Å². The third kappa shape index (κ3) is 3.29. The van der Waals surface area contributed by atoms with Gasteiger partial charge in [0, 0.05) is 18.3 Å². The zero-order valence-corrected chi connectivity index (χ0v) is 14.7. The van der Waals surface area contributed by atoms with E-state index in [0.717, 1.165) is 48.8 Å². The van der Waals surface area contributed by atoms with Crippen molar-refractivity contribution in [1.29, 1.82) is 0 Å². The number of pyridine rings is 1. The minimum Gasteiger partial charge on any atom is -0.388 e. The lowest BCUT2D eigenvalue weighted by atomic mass is 9.85. The van der Waals surface area contributed by atoms with Crippen molar-refractivity contribution in [2.24, 2.45) is 0 Å². The first-order valence-corrected chi connectivity index (χ1v) is 8.75. The molecule has 24 heavy (non-hydrogen) atoms. The number of aliphatic hydroxyl groups is 1. The van der Waals surface area contributed by atoms with E-state index in [-0.39, 0.29) is 11.9 Å². The van der Waals surface area contributed by atoms with Gasteiger partial charge < -0.3 is 10.4 Å². The Morgan fingerprint density at radius 3 is 2.75 bits per heavy atom. The number of hydrogen-bond acceptors (Lipinski definition) is 4. The highest BCUT2D eigenvalue weighted by molar-refractivity contribution is 6.05. The summed E-state index contributed by atoms with van der Waals surface area (Å²) in [6, 6.07) is 1.96. The largest absolute Gasteiger partial charge is 0.388 e. The van der Waals surface area contributed by atoms with Gasteiger partial charge in [0.05, 0.1) is 22.7 Å². The fourth-order valence-electron chi connectivity index (χ4n) is 3.44. The molecule has 130 valence electrons. The predicted molar refractivity (Wildman–Crippen MR) is 93.0 cm³/mol. The van der Waals surface area contributed by atoms with Crippen LogP contribution in [0.15, 0.2) is 12.3 Å². The third-order valence-corrected chi connectivity index (χ3v) is 4.79. The SMILES string of the molecule is Cc1cc(C(=O)NCC2(O)CCCCC2)c2cnn(C(C)C)c2n1. The van der Waals surface area contributed by atoms with Crippen LogP contribution >= 0.6 is 0 Å². The normalized spacial score (nSPS) is 17.4. The smallest absolute Gasteiger partial charge is 0.252 e. The lowest BCUT2D eigenvalue weighted by Gasteiger charge is -2.32. The Labute approximate surface area is 142 Å². The Hall–Kier alpha value is -1.95. The Morgan fingerprint density at radius 1 is 1.38 bits per heavy atom. The first kappa shape index (κ1) is 16.9. The first-order valence-electron chi connectivity index (χ1n) is 8.75. The molecule has 0 atom stereocenters. The van der Waals surface area contributed by atoms with E-state index in [1.54, 1.807) is 12.3 Å². The number of rotatable bonds is 4. The van der Waals surface area contributed by atoms with E-state index in [1.807, 2.05) is 25.5 Å². The zero-order valence-electron chi connectivity index (χ0n) is 14.7. The first-order chi connectivity index (χ1) is 11.4. The molecule has 0 radical (unpaired) electrons. The molecule has 2 heterocycles. The number of fused-ring (bicyclic) bond motifs is 1. The maximum absolute atomic E-state index is 12.7. The number of nitrogens with one attached hydrogen (secondary N) is 1. The molecule has 0 unspecified atom stereocenters. The summed E-state index contributed by atoms with van der Waals surface area (Å²) in [6.45, 7) is 6.25. The lowest BCUT2D eigenvalue weighted by molar-refractivity contribution is 0.00527. The van der Waals surface area contributed by atoms with E-state index in [2.05, 4.69) is 15.4 Å². The van der Waals surface area contributed by atoms with Crippen LogP contribution in [0.3, 0.4) is 0 Å². The number of amides is 1. The van der Waals surface area contributed by atoms with Crippen molar-refractivity contribution in [1.82, 2.24) is 20.1 Å². The van der Waals surface area contributed by atoms with Crippen molar-refractivity contribution in [3.63, 3.8) is 0 Å². The molecule has 6 heteroatoms. The van der Waals surface area contributed by atoms with Gasteiger partial charge in [0.25, 0.3) is 5.91 Å². The fraction of sp³-hybridized carbons (Fsp3) is 0.611. The monoisotopic (exact) mass is 330 g/mol. The number of hydrogen-bond donors (Lipinski definition) is 2. The summed E-state index contributed by atoms with van der Waals surface area (Å²) in [6.07, 6.45) is 6.41. The van der Waals surface area contributed by atoms with Crippen LogP contribution in [0.2, 0.25) is 0 Å². The number of nitrogens with zero attached hydrogens (tertiary/aromatic N) is 3. The molecule has 2 aromatic heterocycles. The summed E-state index contributed by atoms with van der Waals surface area (Å²) >= 11 is 0. The zero-order chi connectivity index (χ0) is 17.3.